The molecule has 1 heterocycles. The lowest BCUT2D eigenvalue weighted by atomic mass is 10.2. The van der Waals surface area contributed by atoms with Gasteiger partial charge in [0.15, 0.2) is 5.11 Å². The maximum absolute atomic E-state index is 12.3. The van der Waals surface area contributed by atoms with Gasteiger partial charge in [0, 0.05) is 23.2 Å². The van der Waals surface area contributed by atoms with Crippen LogP contribution in [0.3, 0.4) is 0 Å². The van der Waals surface area contributed by atoms with Gasteiger partial charge in [-0.25, -0.2) is 0 Å². The zero-order chi connectivity index (χ0) is 15.9. The molecule has 2 N–H and O–H groups in total. The number of thioether (sulfide) groups is 1. The standard InChI is InChI=1S/C15H21F2N3S2/c1-2-20-9-3-4-12(20)10-18-15(21)19-11-5-7-13(8-6-11)22-14(16)17/h5-8,12,14H,2-4,9-10H2,1H3,(H2,18,19,21)/t12-/m1/s1. The van der Waals surface area contributed by atoms with Crippen molar-refractivity contribution in [3.63, 3.8) is 0 Å². The summed E-state index contributed by atoms with van der Waals surface area (Å²) in [4.78, 5) is 3.00. The maximum atomic E-state index is 12.3. The van der Waals surface area contributed by atoms with Crippen molar-refractivity contribution in [2.75, 3.05) is 25.0 Å². The van der Waals surface area contributed by atoms with E-state index in [2.05, 4.69) is 22.5 Å². The Labute approximate surface area is 139 Å². The molecule has 1 fully saturated rings. The fraction of sp³-hybridized carbons (Fsp3) is 0.533. The SMILES string of the molecule is CCN1CCC[C@@H]1CNC(=S)Nc1ccc(SC(F)F)cc1. The zero-order valence-electron chi connectivity index (χ0n) is 12.5. The highest BCUT2D eigenvalue weighted by Crippen LogP contribution is 2.26. The first-order valence-electron chi connectivity index (χ1n) is 7.42. The molecule has 1 aliphatic rings. The fourth-order valence-electron chi connectivity index (χ4n) is 2.65. The number of thiocarbonyl (C=S) groups is 1. The van der Waals surface area contributed by atoms with Crippen molar-refractivity contribution in [1.82, 2.24) is 10.2 Å². The van der Waals surface area contributed by atoms with Crippen LogP contribution in [0.2, 0.25) is 0 Å². The minimum Gasteiger partial charge on any atom is -0.361 e. The molecule has 0 bridgehead atoms. The summed E-state index contributed by atoms with van der Waals surface area (Å²) in [5, 5.41) is 6.89. The van der Waals surface area contributed by atoms with Crippen LogP contribution in [0.15, 0.2) is 29.2 Å². The number of likely N-dealkylation sites (tertiary alicyclic amines) is 1. The highest BCUT2D eigenvalue weighted by atomic mass is 32.2. The first-order chi connectivity index (χ1) is 10.6. The van der Waals surface area contributed by atoms with Gasteiger partial charge in [-0.1, -0.05) is 18.7 Å². The largest absolute Gasteiger partial charge is 0.361 e. The van der Waals surface area contributed by atoms with Crippen LogP contribution in [0.4, 0.5) is 14.5 Å². The van der Waals surface area contributed by atoms with Crippen molar-refractivity contribution in [3.05, 3.63) is 24.3 Å². The minimum absolute atomic E-state index is 0.537. The molecule has 0 aliphatic carbocycles. The van der Waals surface area contributed by atoms with Gasteiger partial charge >= 0.3 is 0 Å². The van der Waals surface area contributed by atoms with Crippen LogP contribution in [0.5, 0.6) is 0 Å². The van der Waals surface area contributed by atoms with Gasteiger partial charge in [0.25, 0.3) is 5.76 Å². The predicted octanol–water partition coefficient (Wildman–Crippen LogP) is 3.77. The molecule has 0 spiro atoms. The third kappa shape index (κ3) is 5.37. The summed E-state index contributed by atoms with van der Waals surface area (Å²) in [6.07, 6.45) is 2.44. The number of likely N-dealkylation sites (N-methyl/N-ethyl adjacent to an activating group) is 1. The zero-order valence-corrected chi connectivity index (χ0v) is 14.2. The molecular formula is C15H21F2N3S2. The summed E-state index contributed by atoms with van der Waals surface area (Å²) in [6, 6.07) is 7.38. The van der Waals surface area contributed by atoms with E-state index in [1.807, 2.05) is 0 Å². The molecule has 3 nitrogen and oxygen atoms in total. The number of hydrogen-bond acceptors (Lipinski definition) is 3. The van der Waals surface area contributed by atoms with Crippen molar-refractivity contribution in [3.8, 4) is 0 Å². The number of benzene rings is 1. The number of hydrogen-bond donors (Lipinski definition) is 2. The van der Waals surface area contributed by atoms with E-state index < -0.39 is 5.76 Å². The van der Waals surface area contributed by atoms with Crippen LogP contribution in [0, 0.1) is 0 Å². The Morgan fingerprint density at radius 1 is 1.41 bits per heavy atom. The summed E-state index contributed by atoms with van der Waals surface area (Å²) in [7, 11) is 0. The van der Waals surface area contributed by atoms with Crippen molar-refractivity contribution < 1.29 is 8.78 Å². The summed E-state index contributed by atoms with van der Waals surface area (Å²) in [5.74, 6) is -2.39. The molecule has 22 heavy (non-hydrogen) atoms. The maximum Gasteiger partial charge on any atom is 0.288 e. The van der Waals surface area contributed by atoms with Gasteiger partial charge < -0.3 is 10.6 Å². The Hall–Kier alpha value is -0.920. The van der Waals surface area contributed by atoms with E-state index in [-0.39, 0.29) is 0 Å². The van der Waals surface area contributed by atoms with Crippen molar-refractivity contribution >= 4 is 34.8 Å². The van der Waals surface area contributed by atoms with Gasteiger partial charge in [0.2, 0.25) is 0 Å². The fourth-order valence-corrected chi connectivity index (χ4v) is 3.35. The lowest BCUT2D eigenvalue weighted by Gasteiger charge is -2.23. The average Bonchev–Trinajstić information content (AvgIpc) is 2.94. The Morgan fingerprint density at radius 2 is 2.14 bits per heavy atom. The van der Waals surface area contributed by atoms with E-state index in [1.54, 1.807) is 24.3 Å². The molecule has 122 valence electrons. The molecule has 0 radical (unpaired) electrons. The number of anilines is 1. The lowest BCUT2D eigenvalue weighted by Crippen LogP contribution is -2.41. The van der Waals surface area contributed by atoms with E-state index in [4.69, 9.17) is 12.2 Å². The number of nitrogens with zero attached hydrogens (tertiary/aromatic N) is 1. The summed E-state index contributed by atoms with van der Waals surface area (Å²) in [6.45, 7) is 5.23. The highest BCUT2D eigenvalue weighted by molar-refractivity contribution is 7.99. The minimum atomic E-state index is -2.39. The van der Waals surface area contributed by atoms with Crippen LogP contribution in [-0.2, 0) is 0 Å². The van der Waals surface area contributed by atoms with E-state index in [9.17, 15) is 8.78 Å². The van der Waals surface area contributed by atoms with Crippen LogP contribution >= 0.6 is 24.0 Å². The van der Waals surface area contributed by atoms with Gasteiger partial charge in [0.1, 0.15) is 0 Å². The van der Waals surface area contributed by atoms with Gasteiger partial charge in [0.05, 0.1) is 0 Å². The van der Waals surface area contributed by atoms with E-state index >= 15 is 0 Å². The van der Waals surface area contributed by atoms with Gasteiger partial charge in [-0.15, -0.1) is 0 Å². The summed E-state index contributed by atoms with van der Waals surface area (Å²) in [5.41, 5.74) is 0.801. The van der Waals surface area contributed by atoms with Gasteiger partial charge in [-0.05, 0) is 62.4 Å². The van der Waals surface area contributed by atoms with Crippen LogP contribution in [0.25, 0.3) is 0 Å². The topological polar surface area (TPSA) is 27.3 Å². The third-order valence-electron chi connectivity index (χ3n) is 3.74. The number of nitrogens with one attached hydrogen (secondary N) is 2. The molecule has 0 saturated carbocycles. The van der Waals surface area contributed by atoms with Crippen molar-refractivity contribution in [2.24, 2.45) is 0 Å². The normalized spacial score (nSPS) is 18.6. The molecular weight excluding hydrogens is 324 g/mol. The first kappa shape index (κ1) is 17.4. The molecule has 1 saturated heterocycles. The van der Waals surface area contributed by atoms with Crippen LogP contribution < -0.4 is 10.6 Å². The summed E-state index contributed by atoms with van der Waals surface area (Å²) >= 11 is 5.82. The molecule has 0 amide bonds. The smallest absolute Gasteiger partial charge is 0.288 e. The average molecular weight is 345 g/mol. The summed E-state index contributed by atoms with van der Waals surface area (Å²) < 4.78 is 24.5. The quantitative estimate of drug-likeness (QED) is 0.605. The van der Waals surface area contributed by atoms with Crippen LogP contribution in [-0.4, -0.2) is 41.4 Å². The molecule has 2 rings (SSSR count). The van der Waals surface area contributed by atoms with Crippen LogP contribution in [0.1, 0.15) is 19.8 Å². The molecule has 1 aliphatic heterocycles. The second kappa shape index (κ2) is 8.64. The Morgan fingerprint density at radius 3 is 2.77 bits per heavy atom. The molecule has 0 unspecified atom stereocenters. The first-order valence-corrected chi connectivity index (χ1v) is 8.71. The van der Waals surface area contributed by atoms with Crippen molar-refractivity contribution in [2.45, 2.75) is 36.5 Å². The van der Waals surface area contributed by atoms with Crippen molar-refractivity contribution in [1.29, 1.82) is 0 Å². The van der Waals surface area contributed by atoms with E-state index in [0.717, 1.165) is 25.3 Å². The predicted molar refractivity (Wildman–Crippen MR) is 92.8 cm³/mol. The number of halogens is 2. The number of alkyl halides is 2. The molecule has 7 heteroatoms. The van der Waals surface area contributed by atoms with E-state index in [1.165, 1.54) is 12.8 Å². The molecule has 0 aromatic heterocycles. The second-order valence-electron chi connectivity index (χ2n) is 5.16. The number of rotatable bonds is 6. The molecule has 1 atom stereocenters. The second-order valence-corrected chi connectivity index (χ2v) is 6.63. The highest BCUT2D eigenvalue weighted by Gasteiger charge is 2.22. The Balaban J connectivity index is 1.77. The van der Waals surface area contributed by atoms with Gasteiger partial charge in [-0.3, -0.25) is 4.90 Å². The molecule has 1 aromatic carbocycles. The monoisotopic (exact) mass is 345 g/mol. The van der Waals surface area contributed by atoms with Gasteiger partial charge in [-0.2, -0.15) is 8.78 Å². The van der Waals surface area contributed by atoms with E-state index in [0.29, 0.717) is 27.8 Å². The third-order valence-corrected chi connectivity index (χ3v) is 4.71. The Bertz CT molecular complexity index is 482. The molecule has 1 aromatic rings. The lowest BCUT2D eigenvalue weighted by molar-refractivity contribution is 0.252. The Kier molecular flexibility index (Phi) is 6.85.